The summed E-state index contributed by atoms with van der Waals surface area (Å²) < 4.78 is 0. The van der Waals surface area contributed by atoms with Crippen molar-refractivity contribution in [2.45, 2.75) is 6.17 Å². The molecule has 2 aliphatic rings. The van der Waals surface area contributed by atoms with Gasteiger partial charge < -0.3 is 5.32 Å². The number of nitrogens with zero attached hydrogens (tertiary/aromatic N) is 2. The van der Waals surface area contributed by atoms with E-state index in [1.54, 1.807) is 0 Å². The maximum atomic E-state index is 5.13. The van der Waals surface area contributed by atoms with Crippen LogP contribution >= 0.6 is 0 Å². The zero-order chi connectivity index (χ0) is 37.0. The van der Waals surface area contributed by atoms with Crippen molar-refractivity contribution in [2.24, 2.45) is 9.98 Å². The Morgan fingerprint density at radius 3 is 1.68 bits per heavy atom. The molecule has 0 radical (unpaired) electrons. The Morgan fingerprint density at radius 1 is 0.357 bits per heavy atom. The molecule has 3 nitrogen and oxygen atoms in total. The second kappa shape index (κ2) is 13.2. The van der Waals surface area contributed by atoms with E-state index in [2.05, 4.69) is 181 Å². The Kier molecular flexibility index (Phi) is 7.56. The van der Waals surface area contributed by atoms with Crippen molar-refractivity contribution in [1.82, 2.24) is 5.32 Å². The molecule has 11 rings (SSSR count). The van der Waals surface area contributed by atoms with Gasteiger partial charge in [-0.2, -0.15) is 0 Å². The molecule has 1 atom stereocenters. The minimum absolute atomic E-state index is 0.246. The van der Waals surface area contributed by atoms with E-state index < -0.39 is 0 Å². The number of aliphatic imine (C=N–C) groups is 2. The van der Waals surface area contributed by atoms with Gasteiger partial charge in [0, 0.05) is 11.1 Å². The first-order chi connectivity index (χ1) is 27.7. The van der Waals surface area contributed by atoms with Crippen molar-refractivity contribution in [2.75, 3.05) is 0 Å². The van der Waals surface area contributed by atoms with Gasteiger partial charge in [-0.15, -0.1) is 0 Å². The van der Waals surface area contributed by atoms with E-state index in [-0.39, 0.29) is 6.17 Å². The lowest BCUT2D eigenvalue weighted by Gasteiger charge is -2.23. The predicted molar refractivity (Wildman–Crippen MR) is 234 cm³/mol. The monoisotopic (exact) mass is 713 g/mol. The van der Waals surface area contributed by atoms with E-state index in [1.165, 1.54) is 71.6 Å². The third-order valence-corrected chi connectivity index (χ3v) is 11.3. The fourth-order valence-corrected chi connectivity index (χ4v) is 8.58. The van der Waals surface area contributed by atoms with Crippen LogP contribution in [0.2, 0.25) is 0 Å². The van der Waals surface area contributed by atoms with E-state index in [4.69, 9.17) is 9.98 Å². The number of rotatable bonds is 6. The van der Waals surface area contributed by atoms with Crippen LogP contribution in [0.3, 0.4) is 0 Å². The zero-order valence-electron chi connectivity index (χ0n) is 30.5. The minimum Gasteiger partial charge on any atom is -0.344 e. The molecule has 56 heavy (non-hydrogen) atoms. The molecule has 0 fully saturated rings. The first-order valence-electron chi connectivity index (χ1n) is 19.2. The summed E-state index contributed by atoms with van der Waals surface area (Å²) in [6, 6.07) is 71.8. The first kappa shape index (κ1) is 32.1. The fraction of sp³-hybridized carbons (Fsp3) is 0.0189. The first-order valence-corrected chi connectivity index (χ1v) is 19.2. The van der Waals surface area contributed by atoms with Gasteiger partial charge in [-0.05, 0) is 94.9 Å². The second-order valence-corrected chi connectivity index (χ2v) is 14.6. The lowest BCUT2D eigenvalue weighted by molar-refractivity contribution is 0.674. The van der Waals surface area contributed by atoms with Crippen molar-refractivity contribution in [3.8, 4) is 55.6 Å². The Morgan fingerprint density at radius 2 is 0.929 bits per heavy atom. The standard InChI is InChI=1S/C53H35N3/c1-3-12-37(13-4-1)51-54-52(38-14-5-2-6-15-38)56-53(55-51)41-19-7-18-40(32-41)43-21-11-22-44-42(20-10-23-45(43)44)35-28-26-34(27-29-35)39-30-31-46-47-24-8-16-36-17-9-25-48(50(36)47)49(46)33-39/h1-33,51H,(H,54,55,56). The highest BCUT2D eigenvalue weighted by Crippen LogP contribution is 2.48. The second-order valence-electron chi connectivity index (χ2n) is 14.6. The molecule has 1 aliphatic carbocycles. The van der Waals surface area contributed by atoms with Crippen LogP contribution in [0.25, 0.3) is 77.2 Å². The van der Waals surface area contributed by atoms with Gasteiger partial charge >= 0.3 is 0 Å². The molecular formula is C53H35N3. The summed E-state index contributed by atoms with van der Waals surface area (Å²) in [6.45, 7) is 0. The van der Waals surface area contributed by atoms with Crippen LogP contribution in [0.15, 0.2) is 210 Å². The molecule has 1 aliphatic heterocycles. The van der Waals surface area contributed by atoms with Gasteiger partial charge in [0.2, 0.25) is 0 Å². The zero-order valence-corrected chi connectivity index (χ0v) is 30.5. The Bertz CT molecular complexity index is 3030. The Hall–Kier alpha value is -7.36. The molecule has 9 aromatic carbocycles. The lowest BCUT2D eigenvalue weighted by Crippen LogP contribution is -2.33. The molecule has 9 aromatic rings. The Labute approximate surface area is 326 Å². The van der Waals surface area contributed by atoms with E-state index in [0.717, 1.165) is 28.1 Å². The quantitative estimate of drug-likeness (QED) is 0.183. The molecule has 1 N–H and O–H groups in total. The molecule has 0 saturated heterocycles. The average molecular weight is 714 g/mol. The number of benzene rings is 9. The molecule has 262 valence electrons. The summed E-state index contributed by atoms with van der Waals surface area (Å²) in [4.78, 5) is 10.2. The summed E-state index contributed by atoms with van der Waals surface area (Å²) >= 11 is 0. The number of nitrogens with one attached hydrogen (secondary N) is 1. The van der Waals surface area contributed by atoms with E-state index >= 15 is 0 Å². The van der Waals surface area contributed by atoms with Crippen molar-refractivity contribution < 1.29 is 0 Å². The van der Waals surface area contributed by atoms with Gasteiger partial charge in [0.05, 0.1) is 0 Å². The average Bonchev–Trinajstić information content (AvgIpc) is 3.60. The van der Waals surface area contributed by atoms with E-state index in [1.807, 2.05) is 24.3 Å². The third kappa shape index (κ3) is 5.44. The molecule has 0 amide bonds. The summed E-state index contributed by atoms with van der Waals surface area (Å²) in [5.41, 5.74) is 15.6. The summed E-state index contributed by atoms with van der Waals surface area (Å²) in [5.74, 6) is 1.53. The van der Waals surface area contributed by atoms with Crippen LogP contribution < -0.4 is 5.32 Å². The molecule has 0 spiro atoms. The lowest BCUT2D eigenvalue weighted by atomic mass is 9.91. The maximum absolute atomic E-state index is 5.13. The highest BCUT2D eigenvalue weighted by atomic mass is 15.2. The largest absolute Gasteiger partial charge is 0.344 e. The van der Waals surface area contributed by atoms with Gasteiger partial charge in [-0.25, -0.2) is 9.98 Å². The highest BCUT2D eigenvalue weighted by molar-refractivity contribution is 6.16. The van der Waals surface area contributed by atoms with Crippen LogP contribution in [0.5, 0.6) is 0 Å². The topological polar surface area (TPSA) is 36.8 Å². The molecule has 0 aromatic heterocycles. The summed E-state index contributed by atoms with van der Waals surface area (Å²) in [7, 11) is 0. The Balaban J connectivity index is 0.936. The fourth-order valence-electron chi connectivity index (χ4n) is 8.58. The van der Waals surface area contributed by atoms with Gasteiger partial charge in [0.1, 0.15) is 12.0 Å². The van der Waals surface area contributed by atoms with Crippen LogP contribution in [-0.2, 0) is 0 Å². The molecule has 0 saturated carbocycles. The van der Waals surface area contributed by atoms with Gasteiger partial charge in [0.25, 0.3) is 0 Å². The molecule has 3 heteroatoms. The number of fused-ring (bicyclic) bond motifs is 4. The maximum Gasteiger partial charge on any atom is 0.159 e. The van der Waals surface area contributed by atoms with E-state index in [0.29, 0.717) is 5.84 Å². The predicted octanol–water partition coefficient (Wildman–Crippen LogP) is 13.1. The SMILES string of the molecule is c1ccc(C2=NC(c3cccc(-c4cccc5c(-c6ccc(-c7ccc8c(c7)-c7cccc9cccc-8c79)cc6)cccc45)c3)=NC(c3ccccc3)N2)cc1. The van der Waals surface area contributed by atoms with Crippen LogP contribution in [-0.4, -0.2) is 11.7 Å². The van der Waals surface area contributed by atoms with Crippen LogP contribution in [0, 0.1) is 0 Å². The highest BCUT2D eigenvalue weighted by Gasteiger charge is 2.23. The number of amidine groups is 2. The molecule has 0 bridgehead atoms. The van der Waals surface area contributed by atoms with Crippen molar-refractivity contribution in [3.63, 3.8) is 0 Å². The van der Waals surface area contributed by atoms with Gasteiger partial charge in [-0.3, -0.25) is 0 Å². The minimum atomic E-state index is -0.246. The summed E-state index contributed by atoms with van der Waals surface area (Å²) in [5, 5.41) is 8.66. The van der Waals surface area contributed by atoms with Crippen molar-refractivity contribution in [1.29, 1.82) is 0 Å². The number of hydrogen-bond donors (Lipinski definition) is 1. The van der Waals surface area contributed by atoms with Gasteiger partial charge in [0.15, 0.2) is 5.84 Å². The van der Waals surface area contributed by atoms with E-state index in [9.17, 15) is 0 Å². The van der Waals surface area contributed by atoms with Crippen LogP contribution in [0.1, 0.15) is 22.9 Å². The summed E-state index contributed by atoms with van der Waals surface area (Å²) in [6.07, 6.45) is -0.246. The molecule has 1 unspecified atom stereocenters. The molecular weight excluding hydrogens is 679 g/mol. The van der Waals surface area contributed by atoms with Crippen LogP contribution in [0.4, 0.5) is 0 Å². The molecule has 1 heterocycles. The third-order valence-electron chi connectivity index (χ3n) is 11.3. The smallest absolute Gasteiger partial charge is 0.159 e. The number of hydrogen-bond acceptors (Lipinski definition) is 3. The van der Waals surface area contributed by atoms with Crippen molar-refractivity contribution in [3.05, 3.63) is 217 Å². The van der Waals surface area contributed by atoms with Gasteiger partial charge in [-0.1, -0.05) is 188 Å². The van der Waals surface area contributed by atoms with Crippen molar-refractivity contribution >= 4 is 33.2 Å². The normalized spacial score (nSPS) is 14.2.